The summed E-state index contributed by atoms with van der Waals surface area (Å²) >= 11 is 0. The number of carbonyl (C=O) groups is 1. The van der Waals surface area contributed by atoms with E-state index in [1.165, 1.54) is 4.57 Å². The summed E-state index contributed by atoms with van der Waals surface area (Å²) in [7, 11) is 0. The molecule has 0 unspecified atom stereocenters. The number of fused-ring (bicyclic) bond motifs is 2. The number of benzene rings is 2. The summed E-state index contributed by atoms with van der Waals surface area (Å²) in [5.41, 5.74) is 2.76. The van der Waals surface area contributed by atoms with Gasteiger partial charge in [0.15, 0.2) is 17.1 Å². The standard InChI is InChI=1S/C18H16N2O5/c1-11-2-4-13-15(8-11)25-18(22)20(13)7-6-19-17(21)12-3-5-14-16(9-12)24-10-23-14/h2-5,8-9H,6-7,10H2,1H3,(H,19,21). The molecule has 1 amide bonds. The smallest absolute Gasteiger partial charge is 0.420 e. The lowest BCUT2D eigenvalue weighted by atomic mass is 10.2. The molecular formula is C18H16N2O5. The normalized spacial score (nSPS) is 12.5. The first-order valence-electron chi connectivity index (χ1n) is 7.90. The number of ether oxygens (including phenoxy) is 2. The molecule has 3 aromatic rings. The van der Waals surface area contributed by atoms with Crippen LogP contribution in [0.2, 0.25) is 0 Å². The van der Waals surface area contributed by atoms with Gasteiger partial charge in [0.05, 0.1) is 5.52 Å². The third-order valence-electron chi connectivity index (χ3n) is 4.08. The second kappa shape index (κ2) is 6.01. The first-order valence-corrected chi connectivity index (χ1v) is 7.90. The van der Waals surface area contributed by atoms with Crippen LogP contribution in [0.1, 0.15) is 15.9 Å². The van der Waals surface area contributed by atoms with Gasteiger partial charge in [-0.3, -0.25) is 9.36 Å². The van der Waals surface area contributed by atoms with Crippen LogP contribution in [0.4, 0.5) is 0 Å². The van der Waals surface area contributed by atoms with Crippen molar-refractivity contribution in [2.24, 2.45) is 0 Å². The number of aromatic nitrogens is 1. The average molecular weight is 340 g/mol. The van der Waals surface area contributed by atoms with E-state index in [0.717, 1.165) is 5.56 Å². The fraction of sp³-hybridized carbons (Fsp3) is 0.222. The molecule has 2 heterocycles. The van der Waals surface area contributed by atoms with Crippen LogP contribution in [-0.4, -0.2) is 23.8 Å². The van der Waals surface area contributed by atoms with E-state index in [0.29, 0.717) is 41.3 Å². The highest BCUT2D eigenvalue weighted by atomic mass is 16.7. The minimum Gasteiger partial charge on any atom is -0.454 e. The van der Waals surface area contributed by atoms with E-state index in [4.69, 9.17) is 13.9 Å². The van der Waals surface area contributed by atoms with Crippen LogP contribution < -0.4 is 20.5 Å². The van der Waals surface area contributed by atoms with Crippen LogP contribution in [0.25, 0.3) is 11.1 Å². The minimum absolute atomic E-state index is 0.163. The van der Waals surface area contributed by atoms with E-state index in [2.05, 4.69) is 5.32 Å². The number of hydrogen-bond acceptors (Lipinski definition) is 5. The Morgan fingerprint density at radius 3 is 2.88 bits per heavy atom. The molecule has 0 aliphatic carbocycles. The van der Waals surface area contributed by atoms with E-state index in [-0.39, 0.29) is 12.7 Å². The van der Waals surface area contributed by atoms with E-state index in [9.17, 15) is 9.59 Å². The highest BCUT2D eigenvalue weighted by Crippen LogP contribution is 2.32. The topological polar surface area (TPSA) is 82.7 Å². The van der Waals surface area contributed by atoms with Crippen molar-refractivity contribution in [3.63, 3.8) is 0 Å². The molecule has 1 aliphatic rings. The molecule has 4 rings (SSSR count). The fourth-order valence-corrected chi connectivity index (χ4v) is 2.81. The molecule has 1 aliphatic heterocycles. The SMILES string of the molecule is Cc1ccc2c(c1)oc(=O)n2CCNC(=O)c1ccc2c(c1)OCO2. The molecule has 0 spiro atoms. The lowest BCUT2D eigenvalue weighted by Crippen LogP contribution is -2.29. The van der Waals surface area contributed by atoms with Crippen LogP contribution in [0.5, 0.6) is 11.5 Å². The third-order valence-corrected chi connectivity index (χ3v) is 4.08. The number of oxazole rings is 1. The summed E-state index contributed by atoms with van der Waals surface area (Å²) in [5.74, 6) is 0.510. The van der Waals surface area contributed by atoms with Gasteiger partial charge in [0.1, 0.15) is 0 Å². The van der Waals surface area contributed by atoms with Crippen molar-refractivity contribution in [2.45, 2.75) is 13.5 Å². The third kappa shape index (κ3) is 2.84. The lowest BCUT2D eigenvalue weighted by Gasteiger charge is -2.06. The molecule has 0 saturated heterocycles. The number of hydrogen-bond donors (Lipinski definition) is 1. The van der Waals surface area contributed by atoms with Crippen molar-refractivity contribution in [3.8, 4) is 11.5 Å². The van der Waals surface area contributed by atoms with E-state index >= 15 is 0 Å². The highest BCUT2D eigenvalue weighted by Gasteiger charge is 2.16. The summed E-state index contributed by atoms with van der Waals surface area (Å²) in [6, 6.07) is 10.6. The molecule has 0 saturated carbocycles. The predicted octanol–water partition coefficient (Wildman–Crippen LogP) is 2.06. The Hall–Kier alpha value is -3.22. The van der Waals surface area contributed by atoms with Gasteiger partial charge in [-0.05, 0) is 42.8 Å². The van der Waals surface area contributed by atoms with Crippen LogP contribution in [0.3, 0.4) is 0 Å². The quantitative estimate of drug-likeness (QED) is 0.786. The molecule has 7 nitrogen and oxygen atoms in total. The molecule has 128 valence electrons. The van der Waals surface area contributed by atoms with Crippen molar-refractivity contribution in [3.05, 3.63) is 58.1 Å². The Labute approximate surface area is 142 Å². The molecule has 0 atom stereocenters. The Kier molecular flexibility index (Phi) is 3.68. The predicted molar refractivity (Wildman–Crippen MR) is 90.1 cm³/mol. The number of nitrogens with one attached hydrogen (secondary N) is 1. The summed E-state index contributed by atoms with van der Waals surface area (Å²) < 4.78 is 17.2. The van der Waals surface area contributed by atoms with Gasteiger partial charge in [0, 0.05) is 18.7 Å². The molecular weight excluding hydrogens is 324 g/mol. The number of amides is 1. The molecule has 0 fully saturated rings. The van der Waals surface area contributed by atoms with Crippen LogP contribution in [0, 0.1) is 6.92 Å². The van der Waals surface area contributed by atoms with Crippen molar-refractivity contribution in [2.75, 3.05) is 13.3 Å². The second-order valence-corrected chi connectivity index (χ2v) is 5.81. The number of carbonyl (C=O) groups excluding carboxylic acids is 1. The Balaban J connectivity index is 1.45. The number of rotatable bonds is 4. The summed E-state index contributed by atoms with van der Waals surface area (Å²) in [6.07, 6.45) is 0. The lowest BCUT2D eigenvalue weighted by molar-refractivity contribution is 0.0951. The first-order chi connectivity index (χ1) is 12.1. The maximum atomic E-state index is 12.2. The van der Waals surface area contributed by atoms with E-state index in [1.807, 2.05) is 25.1 Å². The van der Waals surface area contributed by atoms with Crippen LogP contribution in [0.15, 0.2) is 45.6 Å². The van der Waals surface area contributed by atoms with Gasteiger partial charge in [0.2, 0.25) is 6.79 Å². The zero-order valence-electron chi connectivity index (χ0n) is 13.6. The zero-order valence-corrected chi connectivity index (χ0v) is 13.6. The van der Waals surface area contributed by atoms with E-state index in [1.54, 1.807) is 18.2 Å². The van der Waals surface area contributed by atoms with Gasteiger partial charge in [0.25, 0.3) is 5.91 Å². The van der Waals surface area contributed by atoms with Gasteiger partial charge in [-0.25, -0.2) is 4.79 Å². The zero-order chi connectivity index (χ0) is 17.4. The molecule has 7 heteroatoms. The molecule has 1 aromatic heterocycles. The molecule has 2 aromatic carbocycles. The molecule has 0 radical (unpaired) electrons. The van der Waals surface area contributed by atoms with Gasteiger partial charge >= 0.3 is 5.76 Å². The maximum Gasteiger partial charge on any atom is 0.420 e. The monoisotopic (exact) mass is 340 g/mol. The van der Waals surface area contributed by atoms with Gasteiger partial charge < -0.3 is 19.2 Å². The average Bonchev–Trinajstić information content (AvgIpc) is 3.18. The van der Waals surface area contributed by atoms with Gasteiger partial charge in [-0.15, -0.1) is 0 Å². The van der Waals surface area contributed by atoms with Crippen LogP contribution in [-0.2, 0) is 6.54 Å². The second-order valence-electron chi connectivity index (χ2n) is 5.81. The summed E-state index contributed by atoms with van der Waals surface area (Å²) in [4.78, 5) is 24.2. The van der Waals surface area contributed by atoms with Crippen molar-refractivity contribution in [1.82, 2.24) is 9.88 Å². The van der Waals surface area contributed by atoms with Crippen molar-refractivity contribution >= 4 is 17.0 Å². The van der Waals surface area contributed by atoms with Crippen LogP contribution >= 0.6 is 0 Å². The molecule has 25 heavy (non-hydrogen) atoms. The van der Waals surface area contributed by atoms with Gasteiger partial charge in [-0.2, -0.15) is 0 Å². The minimum atomic E-state index is -0.432. The number of nitrogens with zero attached hydrogens (tertiary/aromatic N) is 1. The van der Waals surface area contributed by atoms with Crippen molar-refractivity contribution < 1.29 is 18.7 Å². The fourth-order valence-electron chi connectivity index (χ4n) is 2.81. The Morgan fingerprint density at radius 1 is 1.16 bits per heavy atom. The first kappa shape index (κ1) is 15.3. The Morgan fingerprint density at radius 2 is 2.00 bits per heavy atom. The molecule has 0 bridgehead atoms. The van der Waals surface area contributed by atoms with E-state index < -0.39 is 5.76 Å². The van der Waals surface area contributed by atoms with Crippen molar-refractivity contribution in [1.29, 1.82) is 0 Å². The number of aryl methyl sites for hydroxylation is 1. The highest BCUT2D eigenvalue weighted by molar-refractivity contribution is 5.94. The van der Waals surface area contributed by atoms with Gasteiger partial charge in [-0.1, -0.05) is 6.07 Å². The summed E-state index contributed by atoms with van der Waals surface area (Å²) in [5, 5.41) is 2.80. The Bertz CT molecular complexity index is 1020. The largest absolute Gasteiger partial charge is 0.454 e. The maximum absolute atomic E-state index is 12.2. The molecule has 1 N–H and O–H groups in total. The summed E-state index contributed by atoms with van der Waals surface area (Å²) in [6.45, 7) is 2.72.